The van der Waals surface area contributed by atoms with Crippen LogP contribution in [-0.4, -0.2) is 121 Å². The van der Waals surface area contributed by atoms with Gasteiger partial charge in [0.1, 0.15) is 49.3 Å². The van der Waals surface area contributed by atoms with Gasteiger partial charge in [0.2, 0.25) is 0 Å². The molecule has 338 valence electrons. The minimum absolute atomic E-state index is 0.0956. The summed E-state index contributed by atoms with van der Waals surface area (Å²) in [6, 6.07) is 28.0. The molecule has 3 fully saturated rings. The number of ether oxygens (including phenoxy) is 9. The summed E-state index contributed by atoms with van der Waals surface area (Å²) >= 11 is 0. The third kappa shape index (κ3) is 12.3. The van der Waals surface area contributed by atoms with E-state index in [1.54, 1.807) is 0 Å². The summed E-state index contributed by atoms with van der Waals surface area (Å²) in [6.45, 7) is 7.38. The number of aliphatic hydroxyl groups is 3. The van der Waals surface area contributed by atoms with Gasteiger partial charge in [0.05, 0.1) is 57.8 Å². The smallest absolute Gasteiger partial charge is 0.407 e. The van der Waals surface area contributed by atoms with Gasteiger partial charge in [-0.3, -0.25) is 4.79 Å². The van der Waals surface area contributed by atoms with Crippen molar-refractivity contribution in [3.05, 3.63) is 120 Å². The standard InChI is InChI=1S/C47H61NO14/c1-5-22-55-47(53)48-37-39(51)38(50)36(25-49)61-45(37)60-35-24-34(44(52)54-4)23-33(6-2)41(35)62-46-43(58-28-32-20-14-9-15-21-32)42(57-27-31-18-12-8-13-19-31)40(29(3)59-46)56-26-30-16-10-7-11-17-30/h5,7-21,29,33-43,45-46,49-51H,1,6,22-28H2,2-4H3,(H,48,53)/t29-,33-,34+,35+,36+,37+,38-,39+,40+,41+,42+,43-,45+,46-/m0/s1. The van der Waals surface area contributed by atoms with Crippen molar-refractivity contribution >= 4 is 12.1 Å². The van der Waals surface area contributed by atoms with Crippen LogP contribution in [0.25, 0.3) is 0 Å². The average molecular weight is 864 g/mol. The molecule has 1 aliphatic carbocycles. The van der Waals surface area contributed by atoms with Gasteiger partial charge in [-0.15, -0.1) is 0 Å². The molecule has 0 aromatic heterocycles. The Hall–Kier alpha value is -4.26. The number of benzene rings is 3. The zero-order valence-electron chi connectivity index (χ0n) is 35.5. The largest absolute Gasteiger partial charge is 0.469 e. The van der Waals surface area contributed by atoms with Gasteiger partial charge >= 0.3 is 12.1 Å². The van der Waals surface area contributed by atoms with Gasteiger partial charge in [0.15, 0.2) is 12.6 Å². The molecule has 15 nitrogen and oxygen atoms in total. The first-order chi connectivity index (χ1) is 30.1. The van der Waals surface area contributed by atoms with Crippen molar-refractivity contribution in [2.75, 3.05) is 20.3 Å². The Morgan fingerprint density at radius 2 is 1.32 bits per heavy atom. The second kappa shape index (κ2) is 23.4. The predicted molar refractivity (Wildman–Crippen MR) is 224 cm³/mol. The number of alkyl carbamates (subject to hydrolysis) is 1. The molecule has 3 aromatic rings. The van der Waals surface area contributed by atoms with E-state index in [1.807, 2.05) is 105 Å². The van der Waals surface area contributed by atoms with Crippen LogP contribution in [0.5, 0.6) is 0 Å². The number of aliphatic hydroxyl groups excluding tert-OH is 3. The second-order valence-electron chi connectivity index (χ2n) is 15.9. The Kier molecular flexibility index (Phi) is 17.8. The lowest BCUT2D eigenvalue weighted by molar-refractivity contribution is -0.350. The lowest BCUT2D eigenvalue weighted by Crippen LogP contribution is -2.66. The maximum absolute atomic E-state index is 13.2. The average Bonchev–Trinajstić information content (AvgIpc) is 3.30. The van der Waals surface area contributed by atoms with Crippen molar-refractivity contribution in [3.8, 4) is 0 Å². The normalized spacial score (nSPS) is 32.4. The molecule has 6 rings (SSSR count). The predicted octanol–water partition coefficient (Wildman–Crippen LogP) is 4.59. The number of methoxy groups -OCH3 is 1. The fourth-order valence-electron chi connectivity index (χ4n) is 8.37. The number of hydrogen-bond acceptors (Lipinski definition) is 14. The van der Waals surface area contributed by atoms with Crippen molar-refractivity contribution < 1.29 is 67.5 Å². The van der Waals surface area contributed by atoms with E-state index in [-0.39, 0.29) is 32.2 Å². The maximum Gasteiger partial charge on any atom is 0.407 e. The van der Waals surface area contributed by atoms with Crippen LogP contribution in [0.1, 0.15) is 49.8 Å². The van der Waals surface area contributed by atoms with Gasteiger partial charge < -0.3 is 63.3 Å². The van der Waals surface area contributed by atoms with E-state index in [9.17, 15) is 24.9 Å². The van der Waals surface area contributed by atoms with Crippen LogP contribution < -0.4 is 5.32 Å². The zero-order valence-corrected chi connectivity index (χ0v) is 35.5. The van der Waals surface area contributed by atoms with E-state index in [1.165, 1.54) is 13.2 Å². The highest BCUT2D eigenvalue weighted by molar-refractivity contribution is 5.72. The number of esters is 1. The summed E-state index contributed by atoms with van der Waals surface area (Å²) in [7, 11) is 1.32. The Morgan fingerprint density at radius 1 is 0.758 bits per heavy atom. The van der Waals surface area contributed by atoms with Gasteiger partial charge in [-0.05, 0) is 42.4 Å². The first-order valence-electron chi connectivity index (χ1n) is 21.3. The zero-order chi connectivity index (χ0) is 44.0. The van der Waals surface area contributed by atoms with E-state index >= 15 is 0 Å². The van der Waals surface area contributed by atoms with E-state index in [4.69, 9.17) is 42.6 Å². The van der Waals surface area contributed by atoms with Crippen molar-refractivity contribution in [3.63, 3.8) is 0 Å². The lowest BCUT2D eigenvalue weighted by atomic mass is 9.76. The molecule has 3 aromatic carbocycles. The molecule has 0 bridgehead atoms. The summed E-state index contributed by atoms with van der Waals surface area (Å²) in [5.74, 6) is -1.36. The topological polar surface area (TPSA) is 190 Å². The molecule has 1 saturated carbocycles. The SMILES string of the molecule is C=CCOC(=O)N[C@H]1[C@H](O[C@@H]2C[C@H](C(=O)OC)C[C@H](CC)[C@H]2O[C@@H]2O[C@@H](C)[C@@H](OCc3ccccc3)[C@@H](OCc3ccccc3)[C@@H]2OCc2ccccc2)O[C@H](CO)[C@H](O)[C@@H]1O. The van der Waals surface area contributed by atoms with Gasteiger partial charge in [-0.2, -0.15) is 0 Å². The first kappa shape index (κ1) is 47.2. The van der Waals surface area contributed by atoms with Crippen LogP contribution in [0.3, 0.4) is 0 Å². The molecule has 0 radical (unpaired) electrons. The molecule has 0 spiro atoms. The Balaban J connectivity index is 1.34. The number of carbonyl (C=O) groups excluding carboxylic acids is 2. The van der Waals surface area contributed by atoms with Gasteiger partial charge in [0, 0.05) is 0 Å². The minimum atomic E-state index is -1.64. The fraction of sp³-hybridized carbons (Fsp3) is 0.532. The molecule has 1 amide bonds. The van der Waals surface area contributed by atoms with Gasteiger partial charge in [-0.1, -0.05) is 117 Å². The molecule has 2 heterocycles. The first-order valence-corrected chi connectivity index (χ1v) is 21.3. The molecule has 3 aliphatic rings. The minimum Gasteiger partial charge on any atom is -0.469 e. The van der Waals surface area contributed by atoms with Crippen LogP contribution in [0.15, 0.2) is 104 Å². The molecule has 2 saturated heterocycles. The monoisotopic (exact) mass is 863 g/mol. The molecule has 0 unspecified atom stereocenters. The highest BCUT2D eigenvalue weighted by Crippen LogP contribution is 2.41. The van der Waals surface area contributed by atoms with Crippen molar-refractivity contribution in [1.29, 1.82) is 0 Å². The summed E-state index contributed by atoms with van der Waals surface area (Å²) in [4.78, 5) is 26.0. The van der Waals surface area contributed by atoms with Crippen molar-refractivity contribution in [1.82, 2.24) is 5.32 Å². The lowest BCUT2D eigenvalue weighted by Gasteiger charge is -2.49. The Morgan fingerprint density at radius 3 is 1.85 bits per heavy atom. The van der Waals surface area contributed by atoms with Crippen LogP contribution in [-0.2, 0) is 67.2 Å². The highest BCUT2D eigenvalue weighted by Gasteiger charge is 2.53. The molecule has 14 atom stereocenters. The molecular weight excluding hydrogens is 803 g/mol. The number of hydrogen-bond donors (Lipinski definition) is 4. The van der Waals surface area contributed by atoms with Crippen LogP contribution in [0, 0.1) is 11.8 Å². The van der Waals surface area contributed by atoms with E-state index < -0.39 is 98.1 Å². The maximum atomic E-state index is 13.2. The van der Waals surface area contributed by atoms with Gasteiger partial charge in [-0.25, -0.2) is 4.79 Å². The van der Waals surface area contributed by atoms with E-state index in [0.717, 1.165) is 16.7 Å². The number of rotatable bonds is 19. The van der Waals surface area contributed by atoms with Crippen molar-refractivity contribution in [2.45, 2.75) is 126 Å². The molecule has 62 heavy (non-hydrogen) atoms. The summed E-state index contributed by atoms with van der Waals surface area (Å²) < 4.78 is 57.1. The van der Waals surface area contributed by atoms with Gasteiger partial charge in [0.25, 0.3) is 0 Å². The molecule has 15 heteroatoms. The van der Waals surface area contributed by atoms with Crippen LogP contribution in [0.2, 0.25) is 0 Å². The highest BCUT2D eigenvalue weighted by atomic mass is 16.7. The second-order valence-corrected chi connectivity index (χ2v) is 15.9. The Labute approximate surface area is 363 Å². The molecular formula is C47H61NO14. The summed E-state index contributed by atoms with van der Waals surface area (Å²) in [5, 5.41) is 34.7. The summed E-state index contributed by atoms with van der Waals surface area (Å²) in [6.07, 6.45) is -9.97. The van der Waals surface area contributed by atoms with E-state index in [0.29, 0.717) is 19.4 Å². The van der Waals surface area contributed by atoms with E-state index in [2.05, 4.69) is 11.9 Å². The van der Waals surface area contributed by atoms with Crippen LogP contribution in [0.4, 0.5) is 4.79 Å². The van der Waals surface area contributed by atoms with Crippen LogP contribution >= 0.6 is 0 Å². The van der Waals surface area contributed by atoms with Crippen molar-refractivity contribution in [2.24, 2.45) is 11.8 Å². The quantitative estimate of drug-likeness (QED) is 0.0968. The number of amides is 1. The Bertz CT molecular complexity index is 1810. The fourth-order valence-corrected chi connectivity index (χ4v) is 8.37. The molecule has 2 aliphatic heterocycles. The summed E-state index contributed by atoms with van der Waals surface area (Å²) in [5.41, 5.74) is 2.84. The number of carbonyl (C=O) groups is 2. The third-order valence-electron chi connectivity index (χ3n) is 11.7. The molecule has 4 N–H and O–H groups in total. The number of nitrogens with one attached hydrogen (secondary N) is 1. The third-order valence-corrected chi connectivity index (χ3v) is 11.7.